The van der Waals surface area contributed by atoms with Crippen LogP contribution in [0.15, 0.2) is 59.5 Å². The van der Waals surface area contributed by atoms with Crippen LogP contribution in [0, 0.1) is 11.3 Å². The highest BCUT2D eigenvalue weighted by molar-refractivity contribution is 6.00. The van der Waals surface area contributed by atoms with Gasteiger partial charge in [0.15, 0.2) is 11.5 Å². The van der Waals surface area contributed by atoms with Gasteiger partial charge in [0.2, 0.25) is 5.88 Å². The van der Waals surface area contributed by atoms with E-state index < -0.39 is 11.9 Å². The Morgan fingerprint density at radius 2 is 1.69 bits per heavy atom. The number of nitrogens with two attached hydrogens (primary N) is 1. The normalized spacial score (nSPS) is 15.5. The van der Waals surface area contributed by atoms with Crippen LogP contribution in [0.5, 0.6) is 17.2 Å². The fraction of sp³-hybridized carbons (Fsp3) is 0.250. The number of allylic oxidation sites excluding steroid dienone is 1. The largest absolute Gasteiger partial charge is 0.496 e. The molecule has 2 aromatic carbocycles. The van der Waals surface area contributed by atoms with Crippen LogP contribution >= 0.6 is 0 Å². The van der Waals surface area contributed by atoms with Gasteiger partial charge in [-0.05, 0) is 13.0 Å². The van der Waals surface area contributed by atoms with Crippen LogP contribution in [-0.4, -0.2) is 33.9 Å². The third-order valence-electron chi connectivity index (χ3n) is 5.00. The van der Waals surface area contributed by atoms with Gasteiger partial charge in [-0.2, -0.15) is 5.26 Å². The lowest BCUT2D eigenvalue weighted by Gasteiger charge is -2.29. The third kappa shape index (κ3) is 4.05. The van der Waals surface area contributed by atoms with Gasteiger partial charge in [0, 0.05) is 17.2 Å². The van der Waals surface area contributed by atoms with Crippen LogP contribution in [0.4, 0.5) is 0 Å². The molecule has 2 N–H and O–H groups in total. The number of hydrogen-bond acceptors (Lipinski definition) is 8. The Bertz CT molecular complexity index is 1120. The first-order chi connectivity index (χ1) is 15.5. The standard InChI is InChI=1S/C24H24N2O6/c1-5-31-24(27)21-20(15-11-18(29-3)19(30-4)12-17(15)28-2)16(13-25)23(26)32-22(21)14-9-7-6-8-10-14/h6-12,20H,5,26H2,1-4H3. The molecule has 0 saturated heterocycles. The Morgan fingerprint density at radius 3 is 2.25 bits per heavy atom. The van der Waals surface area contributed by atoms with Gasteiger partial charge < -0.3 is 29.4 Å². The summed E-state index contributed by atoms with van der Waals surface area (Å²) in [7, 11) is 4.47. The predicted octanol–water partition coefficient (Wildman–Crippen LogP) is 3.49. The number of nitriles is 1. The molecular formula is C24H24N2O6. The van der Waals surface area contributed by atoms with Crippen molar-refractivity contribution >= 4 is 11.7 Å². The van der Waals surface area contributed by atoms with Gasteiger partial charge in [0.05, 0.1) is 39.4 Å². The molecule has 2 aromatic rings. The maximum Gasteiger partial charge on any atom is 0.338 e. The number of rotatable bonds is 7. The summed E-state index contributed by atoms with van der Waals surface area (Å²) in [5, 5.41) is 9.93. The first-order valence-corrected chi connectivity index (χ1v) is 9.84. The molecule has 0 spiro atoms. The molecule has 0 saturated carbocycles. The molecule has 0 aliphatic carbocycles. The van der Waals surface area contributed by atoms with Crippen molar-refractivity contribution in [2.24, 2.45) is 5.73 Å². The van der Waals surface area contributed by atoms with E-state index in [1.54, 1.807) is 43.3 Å². The lowest BCUT2D eigenvalue weighted by molar-refractivity contribution is -0.138. The first kappa shape index (κ1) is 22.6. The molecular weight excluding hydrogens is 412 g/mol. The average Bonchev–Trinajstić information content (AvgIpc) is 2.82. The van der Waals surface area contributed by atoms with Gasteiger partial charge in [-0.3, -0.25) is 0 Å². The van der Waals surface area contributed by atoms with E-state index in [2.05, 4.69) is 6.07 Å². The van der Waals surface area contributed by atoms with E-state index in [4.69, 9.17) is 29.4 Å². The van der Waals surface area contributed by atoms with Crippen LogP contribution in [0.3, 0.4) is 0 Å². The second kappa shape index (κ2) is 9.79. The van der Waals surface area contributed by atoms with E-state index >= 15 is 0 Å². The van der Waals surface area contributed by atoms with Gasteiger partial charge in [-0.15, -0.1) is 0 Å². The van der Waals surface area contributed by atoms with E-state index in [1.807, 2.05) is 6.07 Å². The Hall–Kier alpha value is -4.12. The fourth-order valence-corrected chi connectivity index (χ4v) is 3.57. The second-order valence-electron chi connectivity index (χ2n) is 6.70. The van der Waals surface area contributed by atoms with Crippen molar-refractivity contribution in [3.8, 4) is 23.3 Å². The Kier molecular flexibility index (Phi) is 6.90. The minimum Gasteiger partial charge on any atom is -0.496 e. The second-order valence-corrected chi connectivity index (χ2v) is 6.70. The number of hydrogen-bond donors (Lipinski definition) is 1. The fourth-order valence-electron chi connectivity index (χ4n) is 3.57. The topological polar surface area (TPSA) is 113 Å². The molecule has 0 bridgehead atoms. The molecule has 1 atom stereocenters. The lowest BCUT2D eigenvalue weighted by Crippen LogP contribution is -2.26. The van der Waals surface area contributed by atoms with Crippen molar-refractivity contribution in [3.63, 3.8) is 0 Å². The summed E-state index contributed by atoms with van der Waals surface area (Å²) in [6, 6.07) is 14.4. The third-order valence-corrected chi connectivity index (χ3v) is 5.00. The van der Waals surface area contributed by atoms with Crippen molar-refractivity contribution in [2.45, 2.75) is 12.8 Å². The molecule has 0 aromatic heterocycles. The van der Waals surface area contributed by atoms with Crippen LogP contribution in [-0.2, 0) is 14.3 Å². The Morgan fingerprint density at radius 1 is 1.06 bits per heavy atom. The first-order valence-electron chi connectivity index (χ1n) is 9.84. The monoisotopic (exact) mass is 436 g/mol. The number of carbonyl (C=O) groups excluding carboxylic acids is 1. The van der Waals surface area contributed by atoms with Crippen molar-refractivity contribution in [3.05, 3.63) is 70.6 Å². The number of esters is 1. The van der Waals surface area contributed by atoms with Gasteiger partial charge >= 0.3 is 5.97 Å². The average molecular weight is 436 g/mol. The molecule has 0 radical (unpaired) electrons. The van der Waals surface area contributed by atoms with Crippen molar-refractivity contribution in [1.29, 1.82) is 5.26 Å². The zero-order chi connectivity index (χ0) is 23.3. The van der Waals surface area contributed by atoms with Crippen LogP contribution in [0.2, 0.25) is 0 Å². The smallest absolute Gasteiger partial charge is 0.338 e. The van der Waals surface area contributed by atoms with Crippen molar-refractivity contribution < 1.29 is 28.5 Å². The molecule has 166 valence electrons. The van der Waals surface area contributed by atoms with Gasteiger partial charge in [-0.25, -0.2) is 4.79 Å². The molecule has 0 amide bonds. The minimum absolute atomic E-state index is 0.0539. The zero-order valence-corrected chi connectivity index (χ0v) is 18.3. The molecule has 8 heteroatoms. The molecule has 3 rings (SSSR count). The van der Waals surface area contributed by atoms with E-state index in [0.717, 1.165) is 0 Å². The maximum atomic E-state index is 13.2. The highest BCUT2D eigenvalue weighted by atomic mass is 16.5. The molecule has 1 aliphatic rings. The van der Waals surface area contributed by atoms with Gasteiger partial charge in [0.1, 0.15) is 23.2 Å². The van der Waals surface area contributed by atoms with Crippen molar-refractivity contribution in [1.82, 2.24) is 0 Å². The summed E-state index contributed by atoms with van der Waals surface area (Å²) >= 11 is 0. The Labute approximate surface area is 186 Å². The zero-order valence-electron chi connectivity index (χ0n) is 18.3. The molecule has 8 nitrogen and oxygen atoms in total. The van der Waals surface area contributed by atoms with Crippen LogP contribution in [0.1, 0.15) is 24.0 Å². The predicted molar refractivity (Wildman–Crippen MR) is 117 cm³/mol. The minimum atomic E-state index is -0.919. The van der Waals surface area contributed by atoms with E-state index in [1.165, 1.54) is 21.3 Å². The molecule has 1 heterocycles. The molecule has 0 fully saturated rings. The lowest BCUT2D eigenvalue weighted by atomic mass is 9.81. The summed E-state index contributed by atoms with van der Waals surface area (Å²) in [6.07, 6.45) is 0. The number of ether oxygens (including phenoxy) is 5. The van der Waals surface area contributed by atoms with Gasteiger partial charge in [0.25, 0.3) is 0 Å². The summed E-state index contributed by atoms with van der Waals surface area (Å²) in [5.41, 5.74) is 7.43. The summed E-state index contributed by atoms with van der Waals surface area (Å²) < 4.78 is 27.5. The summed E-state index contributed by atoms with van der Waals surface area (Å²) in [4.78, 5) is 13.2. The van der Waals surface area contributed by atoms with Gasteiger partial charge in [-0.1, -0.05) is 30.3 Å². The Balaban J connectivity index is 2.37. The SMILES string of the molecule is CCOC(=O)C1=C(c2ccccc2)OC(N)=C(C#N)C1c1cc(OC)c(OC)cc1OC. The summed E-state index contributed by atoms with van der Waals surface area (Å²) in [5.74, 6) is -0.241. The summed E-state index contributed by atoms with van der Waals surface area (Å²) in [6.45, 7) is 1.84. The number of methoxy groups -OCH3 is 3. The maximum absolute atomic E-state index is 13.2. The molecule has 32 heavy (non-hydrogen) atoms. The number of carbonyl (C=O) groups is 1. The van der Waals surface area contributed by atoms with Crippen LogP contribution in [0.25, 0.3) is 5.76 Å². The number of benzene rings is 2. The van der Waals surface area contributed by atoms with E-state index in [9.17, 15) is 10.1 Å². The highest BCUT2D eigenvalue weighted by Gasteiger charge is 2.40. The molecule has 1 unspecified atom stereocenters. The van der Waals surface area contributed by atoms with Crippen LogP contribution < -0.4 is 19.9 Å². The van der Waals surface area contributed by atoms with Crippen molar-refractivity contribution in [2.75, 3.05) is 27.9 Å². The highest BCUT2D eigenvalue weighted by Crippen LogP contribution is 2.48. The van der Waals surface area contributed by atoms with E-state index in [-0.39, 0.29) is 29.4 Å². The molecule has 1 aliphatic heterocycles. The number of nitrogens with zero attached hydrogens (tertiary/aromatic N) is 1. The van der Waals surface area contributed by atoms with E-state index in [0.29, 0.717) is 28.4 Å². The quantitative estimate of drug-likeness (QED) is 0.656.